The maximum atomic E-state index is 11.2. The van der Waals surface area contributed by atoms with E-state index < -0.39 is 15.3 Å². The van der Waals surface area contributed by atoms with Gasteiger partial charge in [0.15, 0.2) is 0 Å². The summed E-state index contributed by atoms with van der Waals surface area (Å²) in [7, 11) is -3.35. The molecule has 186 valence electrons. The molecule has 0 saturated carbocycles. The molecule has 0 aliphatic heterocycles. The highest BCUT2D eigenvalue weighted by atomic mass is 32.2. The Balaban J connectivity index is 1.83. The van der Waals surface area contributed by atoms with E-state index in [2.05, 4.69) is 12.1 Å². The number of nitrogens with two attached hydrogens (primary N) is 3. The van der Waals surface area contributed by atoms with E-state index in [-0.39, 0.29) is 0 Å². The highest BCUT2D eigenvalue weighted by Gasteiger charge is 2.14. The summed E-state index contributed by atoms with van der Waals surface area (Å²) in [4.78, 5) is 0. The normalized spacial score (nSPS) is 12.8. The second kappa shape index (κ2) is 16.4. The summed E-state index contributed by atoms with van der Waals surface area (Å²) < 4.78 is 22.3. The average molecular weight is 468 g/mol. The van der Waals surface area contributed by atoms with Crippen molar-refractivity contribution in [2.24, 2.45) is 5.14 Å². The second-order valence-corrected chi connectivity index (χ2v) is 11.6. The molecule has 1 aromatic carbocycles. The smallest absolute Gasteiger partial charge is 0.211 e. The Bertz CT molecular complexity index is 712. The van der Waals surface area contributed by atoms with Crippen LogP contribution in [0.15, 0.2) is 12.1 Å². The number of hydrogen-bond donors (Lipinski definition) is 3. The molecule has 1 unspecified atom stereocenters. The third-order valence-electron chi connectivity index (χ3n) is 6.68. The minimum absolute atomic E-state index is 0.402. The zero-order chi connectivity index (χ0) is 23.8. The average Bonchev–Trinajstić information content (AvgIpc) is 2.73. The van der Waals surface area contributed by atoms with Crippen molar-refractivity contribution in [1.82, 2.24) is 0 Å². The van der Waals surface area contributed by atoms with Crippen LogP contribution in [0.2, 0.25) is 0 Å². The van der Waals surface area contributed by atoms with Crippen molar-refractivity contribution in [3.63, 3.8) is 0 Å². The third-order valence-corrected chi connectivity index (χ3v) is 8.04. The van der Waals surface area contributed by atoms with Gasteiger partial charge >= 0.3 is 0 Å². The molecule has 0 aliphatic carbocycles. The molecule has 0 saturated heterocycles. The van der Waals surface area contributed by atoms with E-state index in [1.54, 1.807) is 6.92 Å². The first-order chi connectivity index (χ1) is 15.2. The number of benzene rings is 1. The van der Waals surface area contributed by atoms with Crippen LogP contribution in [0.3, 0.4) is 0 Å². The van der Waals surface area contributed by atoms with Crippen molar-refractivity contribution < 1.29 is 8.42 Å². The molecule has 0 bridgehead atoms. The molecule has 1 rings (SSSR count). The molecule has 0 aliphatic rings. The summed E-state index contributed by atoms with van der Waals surface area (Å²) in [6.45, 7) is 3.68. The summed E-state index contributed by atoms with van der Waals surface area (Å²) in [6.07, 6.45) is 21.0. The molecule has 1 aromatic rings. The molecule has 5 nitrogen and oxygen atoms in total. The number of hydrogen-bond acceptors (Lipinski definition) is 4. The highest BCUT2D eigenvalue weighted by molar-refractivity contribution is 7.89. The molecule has 0 fully saturated rings. The van der Waals surface area contributed by atoms with E-state index in [0.29, 0.717) is 6.42 Å². The molecule has 1 atom stereocenters. The van der Waals surface area contributed by atoms with Gasteiger partial charge in [-0.15, -0.1) is 0 Å². The minimum atomic E-state index is -3.35. The van der Waals surface area contributed by atoms with Gasteiger partial charge in [0.1, 0.15) is 0 Å². The molecular weight excluding hydrogens is 418 g/mol. The Morgan fingerprint density at radius 1 is 0.688 bits per heavy atom. The summed E-state index contributed by atoms with van der Waals surface area (Å²) in [5, 5.41) is 4.74. The van der Waals surface area contributed by atoms with Crippen LogP contribution in [0.5, 0.6) is 0 Å². The SMILES string of the molecule is Cc1c(N)cc(CCCCCCCCCCCCCCCCCC(C)S(N)(=O)=O)cc1N. The van der Waals surface area contributed by atoms with Gasteiger partial charge in [-0.05, 0) is 56.4 Å². The number of primary sulfonamides is 1. The van der Waals surface area contributed by atoms with Crippen LogP contribution in [0, 0.1) is 6.92 Å². The van der Waals surface area contributed by atoms with Crippen molar-refractivity contribution >= 4 is 21.4 Å². The Hall–Kier alpha value is -1.27. The standard InChI is InChI=1S/C26H49N3O2S/c1-22(32(29,30)31)18-16-14-12-10-8-6-4-3-5-7-9-11-13-15-17-19-24-20-25(27)23(2)26(28)21-24/h20-22H,3-19,27-28H2,1-2H3,(H2,29,30,31). The van der Waals surface area contributed by atoms with Crippen molar-refractivity contribution in [1.29, 1.82) is 0 Å². The van der Waals surface area contributed by atoms with Gasteiger partial charge in [0, 0.05) is 11.4 Å². The Morgan fingerprint density at radius 3 is 1.41 bits per heavy atom. The maximum absolute atomic E-state index is 11.2. The predicted molar refractivity (Wildman–Crippen MR) is 140 cm³/mol. The van der Waals surface area contributed by atoms with E-state index >= 15 is 0 Å². The molecule has 6 N–H and O–H groups in total. The molecule has 0 aromatic heterocycles. The monoisotopic (exact) mass is 467 g/mol. The van der Waals surface area contributed by atoms with Gasteiger partial charge in [-0.25, -0.2) is 13.6 Å². The number of sulfonamides is 1. The van der Waals surface area contributed by atoms with Gasteiger partial charge in [-0.1, -0.05) is 89.9 Å². The lowest BCUT2D eigenvalue weighted by Gasteiger charge is -2.09. The number of unbranched alkanes of at least 4 members (excludes halogenated alkanes) is 14. The number of anilines is 2. The van der Waals surface area contributed by atoms with Gasteiger partial charge < -0.3 is 11.5 Å². The minimum Gasteiger partial charge on any atom is -0.398 e. The van der Waals surface area contributed by atoms with Crippen molar-refractivity contribution in [3.05, 3.63) is 23.3 Å². The van der Waals surface area contributed by atoms with E-state index in [0.717, 1.165) is 36.2 Å². The van der Waals surface area contributed by atoms with Crippen molar-refractivity contribution in [3.8, 4) is 0 Å². The predicted octanol–water partition coefficient (Wildman–Crippen LogP) is 6.62. The topological polar surface area (TPSA) is 112 Å². The summed E-state index contributed by atoms with van der Waals surface area (Å²) in [6, 6.07) is 4.15. The second-order valence-electron chi connectivity index (χ2n) is 9.64. The van der Waals surface area contributed by atoms with E-state index in [1.807, 2.05) is 6.92 Å². The van der Waals surface area contributed by atoms with Gasteiger partial charge in [-0.3, -0.25) is 0 Å². The molecule has 0 spiro atoms. The van der Waals surface area contributed by atoms with Crippen LogP contribution in [0.25, 0.3) is 0 Å². The fraction of sp³-hybridized carbons (Fsp3) is 0.769. The van der Waals surface area contributed by atoms with Gasteiger partial charge in [0.25, 0.3) is 0 Å². The van der Waals surface area contributed by atoms with Gasteiger partial charge in [0.2, 0.25) is 10.0 Å². The van der Waals surface area contributed by atoms with E-state index in [9.17, 15) is 8.42 Å². The van der Waals surface area contributed by atoms with Crippen LogP contribution in [-0.4, -0.2) is 13.7 Å². The van der Waals surface area contributed by atoms with Crippen LogP contribution in [-0.2, 0) is 16.4 Å². The lowest BCUT2D eigenvalue weighted by Crippen LogP contribution is -2.25. The fourth-order valence-corrected chi connectivity index (χ4v) is 4.69. The molecular formula is C26H49N3O2S. The third kappa shape index (κ3) is 13.3. The first-order valence-corrected chi connectivity index (χ1v) is 14.5. The fourth-order valence-electron chi connectivity index (χ4n) is 4.19. The first kappa shape index (κ1) is 28.8. The maximum Gasteiger partial charge on any atom is 0.211 e. The first-order valence-electron chi connectivity index (χ1n) is 12.9. The quantitative estimate of drug-likeness (QED) is 0.157. The molecule has 32 heavy (non-hydrogen) atoms. The van der Waals surface area contributed by atoms with Crippen LogP contribution in [0.1, 0.15) is 121 Å². The number of rotatable bonds is 19. The number of aryl methyl sites for hydroxylation is 1. The highest BCUT2D eigenvalue weighted by Crippen LogP contribution is 2.22. The zero-order valence-corrected chi connectivity index (χ0v) is 21.5. The van der Waals surface area contributed by atoms with Crippen molar-refractivity contribution in [2.75, 3.05) is 11.5 Å². The lowest BCUT2D eigenvalue weighted by molar-refractivity contribution is 0.524. The van der Waals surface area contributed by atoms with Crippen molar-refractivity contribution in [2.45, 2.75) is 128 Å². The zero-order valence-electron chi connectivity index (χ0n) is 20.7. The summed E-state index contributed by atoms with van der Waals surface area (Å²) in [5.41, 5.74) is 15.9. The van der Waals surface area contributed by atoms with Gasteiger partial charge in [0.05, 0.1) is 5.25 Å². The molecule has 6 heteroatoms. The Morgan fingerprint density at radius 2 is 1.03 bits per heavy atom. The summed E-state index contributed by atoms with van der Waals surface area (Å²) >= 11 is 0. The number of nitrogen functional groups attached to an aromatic ring is 2. The van der Waals surface area contributed by atoms with Crippen LogP contribution in [0.4, 0.5) is 11.4 Å². The largest absolute Gasteiger partial charge is 0.398 e. The summed E-state index contributed by atoms with van der Waals surface area (Å²) in [5.74, 6) is 0. The van der Waals surface area contributed by atoms with Crippen LogP contribution < -0.4 is 16.6 Å². The van der Waals surface area contributed by atoms with E-state index in [4.69, 9.17) is 16.6 Å². The van der Waals surface area contributed by atoms with Gasteiger partial charge in [-0.2, -0.15) is 0 Å². The molecule has 0 heterocycles. The Labute approximate surface area is 198 Å². The molecule has 0 amide bonds. The van der Waals surface area contributed by atoms with Crippen LogP contribution >= 0.6 is 0 Å². The Kier molecular flexibility index (Phi) is 14.7. The van der Waals surface area contributed by atoms with E-state index in [1.165, 1.54) is 89.0 Å². The lowest BCUT2D eigenvalue weighted by atomic mass is 10.0. The molecule has 0 radical (unpaired) electrons.